The molecule has 1 aliphatic rings. The average Bonchev–Trinajstić information content (AvgIpc) is 3.14. The van der Waals surface area contributed by atoms with Crippen molar-refractivity contribution >= 4 is 29.3 Å². The molecule has 0 spiro atoms. The normalized spacial score (nSPS) is 13.8. The van der Waals surface area contributed by atoms with Gasteiger partial charge in [-0.3, -0.25) is 4.79 Å². The summed E-state index contributed by atoms with van der Waals surface area (Å²) in [4.78, 5) is 24.3. The minimum Gasteiger partial charge on any atom is -0.467 e. The molecule has 0 unspecified atom stereocenters. The third-order valence-electron chi connectivity index (χ3n) is 3.91. The van der Waals surface area contributed by atoms with Crippen molar-refractivity contribution in [1.82, 2.24) is 9.97 Å². The van der Waals surface area contributed by atoms with E-state index in [9.17, 15) is 4.79 Å². The van der Waals surface area contributed by atoms with Crippen molar-refractivity contribution in [3.8, 4) is 5.88 Å². The van der Waals surface area contributed by atoms with Crippen molar-refractivity contribution in [2.24, 2.45) is 0 Å². The van der Waals surface area contributed by atoms with Crippen molar-refractivity contribution in [1.29, 1.82) is 0 Å². The maximum absolute atomic E-state index is 12.1. The Kier molecular flexibility index (Phi) is 5.75. The molecule has 6 nitrogen and oxygen atoms in total. The third-order valence-corrected chi connectivity index (χ3v) is 4.64. The summed E-state index contributed by atoms with van der Waals surface area (Å²) < 4.78 is 5.58. The van der Waals surface area contributed by atoms with Crippen LogP contribution in [0.2, 0.25) is 0 Å². The molecular formula is C18H22N4O2S. The van der Waals surface area contributed by atoms with E-state index in [1.54, 1.807) is 17.8 Å². The van der Waals surface area contributed by atoms with Crippen molar-refractivity contribution in [3.05, 3.63) is 36.0 Å². The van der Waals surface area contributed by atoms with E-state index in [1.165, 1.54) is 0 Å². The molecule has 7 heteroatoms. The standard InChI is InChI=1S/C18H22N4O2S/c1-13-10-17(21-18(19-13)22-8-3-4-9-22)24-12-16(23)20-14-6-5-7-15(11-14)25-2/h5-7,10-11H,3-4,8-9,12H2,1-2H3,(H,20,23). The number of anilines is 2. The predicted octanol–water partition coefficient (Wildman–Crippen LogP) is 3.12. The van der Waals surface area contributed by atoms with Gasteiger partial charge >= 0.3 is 0 Å². The first kappa shape index (κ1) is 17.5. The molecule has 0 atom stereocenters. The largest absolute Gasteiger partial charge is 0.467 e. The molecule has 0 aliphatic carbocycles. The Balaban J connectivity index is 1.59. The summed E-state index contributed by atoms with van der Waals surface area (Å²) in [7, 11) is 0. The van der Waals surface area contributed by atoms with Crippen LogP contribution in [0.5, 0.6) is 5.88 Å². The molecule has 1 aliphatic heterocycles. The number of aryl methyl sites for hydroxylation is 1. The van der Waals surface area contributed by atoms with Gasteiger partial charge in [0.2, 0.25) is 11.8 Å². The Labute approximate surface area is 152 Å². The number of nitrogens with zero attached hydrogens (tertiary/aromatic N) is 3. The monoisotopic (exact) mass is 358 g/mol. The number of hydrogen-bond acceptors (Lipinski definition) is 6. The van der Waals surface area contributed by atoms with E-state index in [-0.39, 0.29) is 12.5 Å². The number of rotatable bonds is 6. The SMILES string of the molecule is CSc1cccc(NC(=O)COc2cc(C)nc(N3CCCC3)n2)c1. The first-order valence-electron chi connectivity index (χ1n) is 8.31. The molecule has 0 radical (unpaired) electrons. The van der Waals surface area contributed by atoms with Crippen LogP contribution in [0.1, 0.15) is 18.5 Å². The minimum atomic E-state index is -0.211. The molecule has 1 saturated heterocycles. The molecule has 1 N–H and O–H groups in total. The second-order valence-corrected chi connectivity index (χ2v) is 6.79. The van der Waals surface area contributed by atoms with Crippen LogP contribution < -0.4 is 15.0 Å². The highest BCUT2D eigenvalue weighted by Gasteiger charge is 2.16. The summed E-state index contributed by atoms with van der Waals surface area (Å²) in [5.74, 6) is 0.903. The van der Waals surface area contributed by atoms with Crippen LogP contribution in [0.15, 0.2) is 35.2 Å². The zero-order valence-corrected chi connectivity index (χ0v) is 15.3. The van der Waals surface area contributed by atoms with Crippen molar-refractivity contribution < 1.29 is 9.53 Å². The Hall–Kier alpha value is -2.28. The van der Waals surface area contributed by atoms with Gasteiger partial charge in [-0.25, -0.2) is 4.98 Å². The van der Waals surface area contributed by atoms with Crippen molar-refractivity contribution in [3.63, 3.8) is 0 Å². The van der Waals surface area contributed by atoms with E-state index in [2.05, 4.69) is 20.2 Å². The zero-order valence-electron chi connectivity index (χ0n) is 14.5. The van der Waals surface area contributed by atoms with E-state index in [1.807, 2.05) is 37.4 Å². The fourth-order valence-corrected chi connectivity index (χ4v) is 3.15. The van der Waals surface area contributed by atoms with Crippen LogP contribution in [0.4, 0.5) is 11.6 Å². The molecule has 1 aromatic carbocycles. The fourth-order valence-electron chi connectivity index (χ4n) is 2.69. The summed E-state index contributed by atoms with van der Waals surface area (Å²) >= 11 is 1.63. The molecule has 0 bridgehead atoms. The summed E-state index contributed by atoms with van der Waals surface area (Å²) in [6.07, 6.45) is 4.31. The van der Waals surface area contributed by atoms with Gasteiger partial charge in [-0.15, -0.1) is 11.8 Å². The smallest absolute Gasteiger partial charge is 0.262 e. The van der Waals surface area contributed by atoms with Crippen molar-refractivity contribution in [2.45, 2.75) is 24.7 Å². The van der Waals surface area contributed by atoms with Gasteiger partial charge < -0.3 is 15.0 Å². The maximum Gasteiger partial charge on any atom is 0.262 e. The van der Waals surface area contributed by atoms with Crippen LogP contribution in [-0.4, -0.2) is 41.8 Å². The van der Waals surface area contributed by atoms with Gasteiger partial charge in [0.25, 0.3) is 5.91 Å². The molecule has 3 rings (SSSR count). The number of thioether (sulfide) groups is 1. The van der Waals surface area contributed by atoms with Gasteiger partial charge in [0, 0.05) is 35.4 Å². The molecule has 1 aromatic heterocycles. The summed E-state index contributed by atoms with van der Waals surface area (Å²) in [5, 5.41) is 2.84. The molecule has 2 aromatic rings. The molecule has 132 valence electrons. The van der Waals surface area contributed by atoms with Gasteiger partial charge in [-0.05, 0) is 44.2 Å². The van der Waals surface area contributed by atoms with Crippen molar-refractivity contribution in [2.75, 3.05) is 36.2 Å². The van der Waals surface area contributed by atoms with E-state index >= 15 is 0 Å². The Morgan fingerprint density at radius 1 is 1.28 bits per heavy atom. The van der Waals surface area contributed by atoms with Gasteiger partial charge in [0.15, 0.2) is 6.61 Å². The van der Waals surface area contributed by atoms with Crippen LogP contribution in [0.25, 0.3) is 0 Å². The predicted molar refractivity (Wildman–Crippen MR) is 101 cm³/mol. The number of ether oxygens (including phenoxy) is 1. The Morgan fingerprint density at radius 2 is 2.08 bits per heavy atom. The molecule has 1 amide bonds. The number of carbonyl (C=O) groups is 1. The van der Waals surface area contributed by atoms with Crippen LogP contribution in [0, 0.1) is 6.92 Å². The minimum absolute atomic E-state index is 0.0839. The van der Waals surface area contributed by atoms with Crippen LogP contribution in [-0.2, 0) is 4.79 Å². The number of hydrogen-bond donors (Lipinski definition) is 1. The number of carbonyl (C=O) groups excluding carboxylic acids is 1. The number of aromatic nitrogens is 2. The van der Waals surface area contributed by atoms with E-state index < -0.39 is 0 Å². The van der Waals surface area contributed by atoms with E-state index in [0.717, 1.165) is 42.2 Å². The number of amides is 1. The summed E-state index contributed by atoms with van der Waals surface area (Å²) in [5.41, 5.74) is 1.59. The van der Waals surface area contributed by atoms with Gasteiger partial charge in [-0.1, -0.05) is 6.07 Å². The summed E-state index contributed by atoms with van der Waals surface area (Å²) in [6.45, 7) is 3.76. The quantitative estimate of drug-likeness (QED) is 0.800. The molecule has 2 heterocycles. The maximum atomic E-state index is 12.1. The topological polar surface area (TPSA) is 67.3 Å². The lowest BCUT2D eigenvalue weighted by atomic mass is 10.3. The van der Waals surface area contributed by atoms with E-state index in [0.29, 0.717) is 11.8 Å². The molecular weight excluding hydrogens is 336 g/mol. The highest BCUT2D eigenvalue weighted by Crippen LogP contribution is 2.20. The number of benzene rings is 1. The summed E-state index contributed by atoms with van der Waals surface area (Å²) in [6, 6.07) is 9.46. The van der Waals surface area contributed by atoms with Crippen LogP contribution >= 0.6 is 11.8 Å². The third kappa shape index (κ3) is 4.85. The fraction of sp³-hybridized carbons (Fsp3) is 0.389. The lowest BCUT2D eigenvalue weighted by molar-refractivity contribution is -0.118. The Bertz CT molecular complexity index is 748. The highest BCUT2D eigenvalue weighted by atomic mass is 32.2. The average molecular weight is 358 g/mol. The zero-order chi connectivity index (χ0) is 17.6. The first-order valence-corrected chi connectivity index (χ1v) is 9.54. The van der Waals surface area contributed by atoms with E-state index in [4.69, 9.17) is 4.74 Å². The molecule has 1 fully saturated rings. The van der Waals surface area contributed by atoms with Gasteiger partial charge in [0.05, 0.1) is 0 Å². The molecule has 25 heavy (non-hydrogen) atoms. The van der Waals surface area contributed by atoms with Gasteiger partial charge in [-0.2, -0.15) is 4.98 Å². The van der Waals surface area contributed by atoms with Crippen LogP contribution in [0.3, 0.4) is 0 Å². The highest BCUT2D eigenvalue weighted by molar-refractivity contribution is 7.98. The van der Waals surface area contributed by atoms with Gasteiger partial charge in [0.1, 0.15) is 0 Å². The lowest BCUT2D eigenvalue weighted by Gasteiger charge is -2.16. The number of nitrogens with one attached hydrogen (secondary N) is 1. The first-order chi connectivity index (χ1) is 12.1. The Morgan fingerprint density at radius 3 is 2.84 bits per heavy atom. The second kappa shape index (κ2) is 8.20. The second-order valence-electron chi connectivity index (χ2n) is 5.91. The lowest BCUT2D eigenvalue weighted by Crippen LogP contribution is -2.23. The molecule has 0 saturated carbocycles.